The first kappa shape index (κ1) is 16.6. The maximum atomic E-state index is 4.82. The molecule has 0 radical (unpaired) electrons. The number of hydrogen-bond acceptors (Lipinski definition) is 5. The molecule has 4 heterocycles. The fraction of sp³-hybridized carbons (Fsp3) is 0.409. The number of nitrogens with one attached hydrogen (secondary N) is 1. The van der Waals surface area contributed by atoms with E-state index >= 15 is 0 Å². The summed E-state index contributed by atoms with van der Waals surface area (Å²) in [7, 11) is 0. The summed E-state index contributed by atoms with van der Waals surface area (Å²) in [5.74, 6) is 0.884. The monoisotopic (exact) mass is 359 g/mol. The zero-order valence-corrected chi connectivity index (χ0v) is 15.6. The predicted octanol–water partition coefficient (Wildman–Crippen LogP) is 3.00. The first-order valence-corrected chi connectivity index (χ1v) is 9.90. The highest BCUT2D eigenvalue weighted by Gasteiger charge is 2.44. The Morgan fingerprint density at radius 1 is 1.00 bits per heavy atom. The van der Waals surface area contributed by atoms with E-state index < -0.39 is 0 Å². The molecular formula is C22H25N5. The van der Waals surface area contributed by atoms with Crippen molar-refractivity contribution in [3.63, 3.8) is 0 Å². The molecule has 2 fully saturated rings. The minimum Gasteiger partial charge on any atom is -0.340 e. The lowest BCUT2D eigenvalue weighted by atomic mass is 9.72. The van der Waals surface area contributed by atoms with Crippen molar-refractivity contribution in [3.05, 3.63) is 60.0 Å². The van der Waals surface area contributed by atoms with Gasteiger partial charge in [0.2, 0.25) is 5.95 Å². The van der Waals surface area contributed by atoms with Crippen molar-refractivity contribution in [1.29, 1.82) is 0 Å². The Morgan fingerprint density at radius 2 is 1.85 bits per heavy atom. The van der Waals surface area contributed by atoms with Crippen LogP contribution in [-0.4, -0.2) is 41.1 Å². The Balaban J connectivity index is 1.28. The van der Waals surface area contributed by atoms with Crippen LogP contribution in [0.15, 0.2) is 48.9 Å². The van der Waals surface area contributed by atoms with E-state index in [-0.39, 0.29) is 0 Å². The van der Waals surface area contributed by atoms with Crippen LogP contribution in [0.5, 0.6) is 0 Å². The highest BCUT2D eigenvalue weighted by atomic mass is 15.3. The molecule has 1 N–H and O–H groups in total. The molecule has 0 bridgehead atoms. The van der Waals surface area contributed by atoms with Gasteiger partial charge in [-0.05, 0) is 68.1 Å². The number of aryl methyl sites for hydroxylation is 2. The van der Waals surface area contributed by atoms with Crippen LogP contribution in [0, 0.1) is 5.41 Å². The lowest BCUT2D eigenvalue weighted by Crippen LogP contribution is -2.60. The Bertz CT molecular complexity index is 926. The van der Waals surface area contributed by atoms with Gasteiger partial charge in [-0.1, -0.05) is 12.1 Å². The molecule has 0 aliphatic carbocycles. The number of aromatic nitrogens is 3. The third-order valence-corrected chi connectivity index (χ3v) is 6.06. The van der Waals surface area contributed by atoms with Gasteiger partial charge in [0.05, 0.1) is 5.52 Å². The summed E-state index contributed by atoms with van der Waals surface area (Å²) >= 11 is 0. The number of anilines is 1. The van der Waals surface area contributed by atoms with Crippen LogP contribution in [0.2, 0.25) is 0 Å². The van der Waals surface area contributed by atoms with Gasteiger partial charge >= 0.3 is 0 Å². The van der Waals surface area contributed by atoms with Crippen molar-refractivity contribution >= 4 is 16.9 Å². The first-order valence-electron chi connectivity index (χ1n) is 9.90. The summed E-state index contributed by atoms with van der Waals surface area (Å²) in [5, 5.41) is 4.58. The Morgan fingerprint density at radius 3 is 2.67 bits per heavy atom. The average molecular weight is 359 g/mol. The number of hydrogen-bond donors (Lipinski definition) is 1. The molecule has 1 aromatic carbocycles. The van der Waals surface area contributed by atoms with Gasteiger partial charge in [-0.2, -0.15) is 0 Å². The zero-order chi connectivity index (χ0) is 18.1. The van der Waals surface area contributed by atoms with E-state index in [1.165, 1.54) is 24.0 Å². The molecule has 3 aromatic rings. The van der Waals surface area contributed by atoms with E-state index in [0.717, 1.165) is 55.9 Å². The van der Waals surface area contributed by atoms with Crippen LogP contribution in [0.3, 0.4) is 0 Å². The third kappa shape index (κ3) is 3.39. The van der Waals surface area contributed by atoms with Crippen molar-refractivity contribution in [1.82, 2.24) is 20.3 Å². The van der Waals surface area contributed by atoms with Crippen molar-refractivity contribution in [2.75, 3.05) is 31.1 Å². The fourth-order valence-electron chi connectivity index (χ4n) is 4.39. The van der Waals surface area contributed by atoms with E-state index in [1.54, 1.807) is 0 Å². The number of piperidine rings is 1. The van der Waals surface area contributed by atoms with Crippen LogP contribution < -0.4 is 10.2 Å². The molecule has 2 aliphatic rings. The van der Waals surface area contributed by atoms with E-state index in [0.29, 0.717) is 5.41 Å². The summed E-state index contributed by atoms with van der Waals surface area (Å²) in [6.45, 7) is 4.50. The maximum Gasteiger partial charge on any atom is 0.225 e. The average Bonchev–Trinajstić information content (AvgIpc) is 2.71. The molecule has 5 heteroatoms. The molecule has 2 aromatic heterocycles. The topological polar surface area (TPSA) is 53.9 Å². The van der Waals surface area contributed by atoms with E-state index in [1.807, 2.05) is 24.7 Å². The number of nitrogens with zero attached hydrogens (tertiary/aromatic N) is 4. The second-order valence-corrected chi connectivity index (χ2v) is 8.03. The van der Waals surface area contributed by atoms with E-state index in [2.05, 4.69) is 44.5 Å². The number of pyridine rings is 1. The molecule has 2 aliphatic heterocycles. The predicted molar refractivity (Wildman–Crippen MR) is 108 cm³/mol. The smallest absolute Gasteiger partial charge is 0.225 e. The van der Waals surface area contributed by atoms with Crippen LogP contribution in [-0.2, 0) is 12.8 Å². The molecule has 0 unspecified atom stereocenters. The molecule has 5 rings (SSSR count). The number of fused-ring (bicyclic) bond motifs is 1. The Labute approximate surface area is 159 Å². The zero-order valence-electron chi connectivity index (χ0n) is 15.6. The molecule has 5 nitrogen and oxygen atoms in total. The molecule has 2 saturated heterocycles. The Hall–Kier alpha value is -2.53. The van der Waals surface area contributed by atoms with Crippen LogP contribution in [0.4, 0.5) is 5.95 Å². The highest BCUT2D eigenvalue weighted by Crippen LogP contribution is 2.40. The first-order chi connectivity index (χ1) is 13.3. The van der Waals surface area contributed by atoms with Gasteiger partial charge in [0, 0.05) is 42.5 Å². The van der Waals surface area contributed by atoms with Crippen molar-refractivity contribution in [2.24, 2.45) is 5.41 Å². The van der Waals surface area contributed by atoms with Gasteiger partial charge in [-0.15, -0.1) is 0 Å². The Kier molecular flexibility index (Phi) is 4.24. The summed E-state index contributed by atoms with van der Waals surface area (Å²) in [4.78, 5) is 16.0. The van der Waals surface area contributed by atoms with Crippen LogP contribution >= 0.6 is 0 Å². The van der Waals surface area contributed by atoms with Gasteiger partial charge < -0.3 is 10.2 Å². The highest BCUT2D eigenvalue weighted by molar-refractivity contribution is 5.79. The van der Waals surface area contributed by atoms with Gasteiger partial charge in [0.15, 0.2) is 0 Å². The molecule has 1 spiro atoms. The van der Waals surface area contributed by atoms with Crippen molar-refractivity contribution < 1.29 is 0 Å². The van der Waals surface area contributed by atoms with E-state index in [4.69, 9.17) is 4.98 Å². The second kappa shape index (κ2) is 6.89. The minimum atomic E-state index is 0.500. The minimum absolute atomic E-state index is 0.500. The number of rotatable bonds is 4. The van der Waals surface area contributed by atoms with Gasteiger partial charge in [-0.3, -0.25) is 4.98 Å². The molecule has 27 heavy (non-hydrogen) atoms. The molecular weight excluding hydrogens is 334 g/mol. The third-order valence-electron chi connectivity index (χ3n) is 6.06. The maximum absolute atomic E-state index is 4.82. The normalized spacial score (nSPS) is 18.6. The standard InChI is InChI=1S/C22H25N5/c1-2-18(13-24-9-1)4-3-17-5-6-20-19(12-17)14-25-21(26-20)27-15-22(16-27)7-10-23-11-8-22/h1-2,5-6,9,12-14,23H,3-4,7-8,10-11,15-16H2. The molecule has 0 atom stereocenters. The summed E-state index contributed by atoms with van der Waals surface area (Å²) in [6, 6.07) is 10.7. The summed E-state index contributed by atoms with van der Waals surface area (Å²) in [6.07, 6.45) is 10.3. The van der Waals surface area contributed by atoms with Gasteiger partial charge in [-0.25, -0.2) is 9.97 Å². The van der Waals surface area contributed by atoms with Crippen molar-refractivity contribution in [3.8, 4) is 0 Å². The van der Waals surface area contributed by atoms with Gasteiger partial charge in [0.1, 0.15) is 0 Å². The van der Waals surface area contributed by atoms with Crippen molar-refractivity contribution in [2.45, 2.75) is 25.7 Å². The fourth-order valence-corrected chi connectivity index (χ4v) is 4.39. The van der Waals surface area contributed by atoms with Crippen LogP contribution in [0.25, 0.3) is 10.9 Å². The second-order valence-electron chi connectivity index (χ2n) is 8.03. The van der Waals surface area contributed by atoms with Crippen LogP contribution in [0.1, 0.15) is 24.0 Å². The summed E-state index contributed by atoms with van der Waals surface area (Å²) in [5.41, 5.74) is 4.13. The lowest BCUT2D eigenvalue weighted by Gasteiger charge is -2.52. The quantitative estimate of drug-likeness (QED) is 0.776. The molecule has 0 amide bonds. The lowest BCUT2D eigenvalue weighted by molar-refractivity contribution is 0.148. The molecule has 138 valence electrons. The van der Waals surface area contributed by atoms with E-state index in [9.17, 15) is 0 Å². The van der Waals surface area contributed by atoms with Gasteiger partial charge in [0.25, 0.3) is 0 Å². The SMILES string of the molecule is c1cncc(CCc2ccc3nc(N4CC5(CCNCC5)C4)ncc3c2)c1. The summed E-state index contributed by atoms with van der Waals surface area (Å²) < 4.78 is 0. The largest absolute Gasteiger partial charge is 0.340 e. The molecule has 0 saturated carbocycles. The number of benzene rings is 1.